The first kappa shape index (κ1) is 13.2. The summed E-state index contributed by atoms with van der Waals surface area (Å²) in [6, 6.07) is 12.1. The van der Waals surface area contributed by atoms with Crippen molar-refractivity contribution >= 4 is 21.4 Å². The number of sulfone groups is 1. The van der Waals surface area contributed by atoms with Gasteiger partial charge in [0.2, 0.25) is 0 Å². The fraction of sp³-hybridized carbons (Fsp3) is 0.0769. The summed E-state index contributed by atoms with van der Waals surface area (Å²) in [6.07, 6.45) is 2.60. The van der Waals surface area contributed by atoms with Gasteiger partial charge in [-0.05, 0) is 24.3 Å². The standard InChI is InChI=1S/C13H13N3O2S/c1-19(17,18)11-8-5-9-15-12(11)13(14)16-10-6-3-2-4-7-10/h2-9H,1H3,(H2,14,16). The van der Waals surface area contributed by atoms with E-state index in [4.69, 9.17) is 5.73 Å². The molecule has 6 heteroatoms. The van der Waals surface area contributed by atoms with Crippen LogP contribution in [0.5, 0.6) is 0 Å². The first-order valence-corrected chi connectivity index (χ1v) is 7.42. The van der Waals surface area contributed by atoms with E-state index in [1.165, 1.54) is 12.3 Å². The van der Waals surface area contributed by atoms with Crippen molar-refractivity contribution < 1.29 is 8.42 Å². The number of aromatic nitrogens is 1. The molecule has 0 aliphatic carbocycles. The van der Waals surface area contributed by atoms with Gasteiger partial charge in [0, 0.05) is 12.5 Å². The lowest BCUT2D eigenvalue weighted by atomic mass is 10.3. The summed E-state index contributed by atoms with van der Waals surface area (Å²) in [7, 11) is -3.39. The molecule has 0 radical (unpaired) electrons. The van der Waals surface area contributed by atoms with Crippen LogP contribution in [0.3, 0.4) is 0 Å². The van der Waals surface area contributed by atoms with Gasteiger partial charge in [-0.25, -0.2) is 13.4 Å². The summed E-state index contributed by atoms with van der Waals surface area (Å²) < 4.78 is 23.3. The molecule has 0 unspecified atom stereocenters. The molecule has 2 aromatic rings. The summed E-state index contributed by atoms with van der Waals surface area (Å²) >= 11 is 0. The van der Waals surface area contributed by atoms with Crippen molar-refractivity contribution in [1.29, 1.82) is 0 Å². The Balaban J connectivity index is 2.52. The number of hydrogen-bond acceptors (Lipinski definition) is 4. The highest BCUT2D eigenvalue weighted by Crippen LogP contribution is 2.15. The maximum Gasteiger partial charge on any atom is 0.177 e. The molecule has 1 aromatic heterocycles. The Hall–Kier alpha value is -2.21. The van der Waals surface area contributed by atoms with Gasteiger partial charge < -0.3 is 5.73 Å². The molecular weight excluding hydrogens is 262 g/mol. The normalized spacial score (nSPS) is 12.4. The highest BCUT2D eigenvalue weighted by molar-refractivity contribution is 7.90. The second-order valence-electron chi connectivity index (χ2n) is 3.95. The number of amidine groups is 1. The van der Waals surface area contributed by atoms with E-state index < -0.39 is 9.84 Å². The van der Waals surface area contributed by atoms with Crippen LogP contribution in [-0.2, 0) is 9.84 Å². The third-order valence-corrected chi connectivity index (χ3v) is 3.55. The predicted molar refractivity (Wildman–Crippen MR) is 74.2 cm³/mol. The average Bonchev–Trinajstić information content (AvgIpc) is 2.39. The molecular formula is C13H13N3O2S. The van der Waals surface area contributed by atoms with E-state index in [-0.39, 0.29) is 16.4 Å². The van der Waals surface area contributed by atoms with E-state index >= 15 is 0 Å². The van der Waals surface area contributed by atoms with Gasteiger partial charge in [0.05, 0.1) is 10.6 Å². The molecule has 0 spiro atoms. The van der Waals surface area contributed by atoms with E-state index in [0.717, 1.165) is 6.26 Å². The van der Waals surface area contributed by atoms with Crippen molar-refractivity contribution in [2.45, 2.75) is 4.90 Å². The van der Waals surface area contributed by atoms with Crippen LogP contribution in [0, 0.1) is 0 Å². The average molecular weight is 275 g/mol. The molecule has 0 bridgehead atoms. The molecule has 98 valence electrons. The lowest BCUT2D eigenvalue weighted by molar-refractivity contribution is 0.601. The van der Waals surface area contributed by atoms with Crippen molar-refractivity contribution in [2.24, 2.45) is 10.7 Å². The molecule has 0 saturated carbocycles. The fourth-order valence-electron chi connectivity index (χ4n) is 1.58. The zero-order chi connectivity index (χ0) is 13.9. The maximum atomic E-state index is 11.7. The van der Waals surface area contributed by atoms with Gasteiger partial charge in [-0.1, -0.05) is 18.2 Å². The van der Waals surface area contributed by atoms with Crippen LogP contribution in [0.2, 0.25) is 0 Å². The van der Waals surface area contributed by atoms with E-state index in [9.17, 15) is 8.42 Å². The first-order chi connectivity index (χ1) is 8.98. The van der Waals surface area contributed by atoms with Crippen LogP contribution in [0.1, 0.15) is 5.69 Å². The third kappa shape index (κ3) is 3.17. The molecule has 0 saturated heterocycles. The van der Waals surface area contributed by atoms with Crippen LogP contribution >= 0.6 is 0 Å². The summed E-state index contributed by atoms with van der Waals surface area (Å²) in [4.78, 5) is 8.25. The maximum absolute atomic E-state index is 11.7. The van der Waals surface area contributed by atoms with E-state index in [2.05, 4.69) is 9.98 Å². The number of nitrogens with two attached hydrogens (primary N) is 1. The van der Waals surface area contributed by atoms with E-state index in [0.29, 0.717) is 5.69 Å². The molecule has 1 aromatic carbocycles. The number of benzene rings is 1. The van der Waals surface area contributed by atoms with Gasteiger partial charge in [0.15, 0.2) is 15.7 Å². The molecule has 0 aliphatic rings. The highest BCUT2D eigenvalue weighted by atomic mass is 32.2. The number of aliphatic imine (C=N–C) groups is 1. The Bertz CT molecular complexity index is 710. The minimum atomic E-state index is -3.39. The molecule has 5 nitrogen and oxygen atoms in total. The van der Waals surface area contributed by atoms with Gasteiger partial charge in [0.1, 0.15) is 5.69 Å². The summed E-state index contributed by atoms with van der Waals surface area (Å²) in [5.74, 6) is 0.0761. The lowest BCUT2D eigenvalue weighted by Gasteiger charge is -2.05. The van der Waals surface area contributed by atoms with Crippen LogP contribution in [0.15, 0.2) is 58.5 Å². The van der Waals surface area contributed by atoms with Crippen molar-refractivity contribution in [2.75, 3.05) is 6.26 Å². The summed E-state index contributed by atoms with van der Waals surface area (Å²) in [6.45, 7) is 0. The van der Waals surface area contributed by atoms with Gasteiger partial charge in [-0.3, -0.25) is 4.98 Å². The largest absolute Gasteiger partial charge is 0.382 e. The van der Waals surface area contributed by atoms with Crippen LogP contribution in [-0.4, -0.2) is 25.5 Å². The van der Waals surface area contributed by atoms with Crippen LogP contribution < -0.4 is 5.73 Å². The zero-order valence-electron chi connectivity index (χ0n) is 10.3. The van der Waals surface area contributed by atoms with Crippen molar-refractivity contribution in [3.8, 4) is 0 Å². The minimum Gasteiger partial charge on any atom is -0.382 e. The fourth-order valence-corrected chi connectivity index (χ4v) is 2.41. The second kappa shape index (κ2) is 5.19. The van der Waals surface area contributed by atoms with Gasteiger partial charge in [-0.15, -0.1) is 0 Å². The summed E-state index contributed by atoms with van der Waals surface area (Å²) in [5.41, 5.74) is 6.67. The number of rotatable bonds is 3. The van der Waals surface area contributed by atoms with E-state index in [1.807, 2.05) is 18.2 Å². The molecule has 1 heterocycles. The molecule has 0 aliphatic heterocycles. The SMILES string of the molecule is CS(=O)(=O)c1cccnc1C(N)=Nc1ccccc1. The van der Waals surface area contributed by atoms with Crippen LogP contribution in [0.25, 0.3) is 0 Å². The summed E-state index contributed by atoms with van der Waals surface area (Å²) in [5, 5.41) is 0. The van der Waals surface area contributed by atoms with Crippen molar-refractivity contribution in [3.05, 3.63) is 54.4 Å². The lowest BCUT2D eigenvalue weighted by Crippen LogP contribution is -2.18. The Morgan fingerprint density at radius 1 is 1.16 bits per heavy atom. The molecule has 0 amide bonds. The number of hydrogen-bond donors (Lipinski definition) is 1. The third-order valence-electron chi connectivity index (χ3n) is 2.42. The predicted octanol–water partition coefficient (Wildman–Crippen LogP) is 1.52. The highest BCUT2D eigenvalue weighted by Gasteiger charge is 2.16. The molecule has 0 atom stereocenters. The quantitative estimate of drug-likeness (QED) is 0.679. The number of nitrogens with zero attached hydrogens (tertiary/aromatic N) is 2. The second-order valence-corrected chi connectivity index (χ2v) is 5.94. The zero-order valence-corrected chi connectivity index (χ0v) is 11.1. The Morgan fingerprint density at radius 2 is 1.84 bits per heavy atom. The Morgan fingerprint density at radius 3 is 2.47 bits per heavy atom. The number of para-hydroxylation sites is 1. The molecule has 2 N–H and O–H groups in total. The molecule has 2 rings (SSSR count). The van der Waals surface area contributed by atoms with Gasteiger partial charge in [-0.2, -0.15) is 0 Å². The van der Waals surface area contributed by atoms with Gasteiger partial charge in [0.25, 0.3) is 0 Å². The van der Waals surface area contributed by atoms with Gasteiger partial charge >= 0.3 is 0 Å². The Labute approximate surface area is 111 Å². The first-order valence-electron chi connectivity index (χ1n) is 5.53. The number of pyridine rings is 1. The van der Waals surface area contributed by atoms with Crippen molar-refractivity contribution in [1.82, 2.24) is 4.98 Å². The van der Waals surface area contributed by atoms with Crippen molar-refractivity contribution in [3.63, 3.8) is 0 Å². The molecule has 0 fully saturated rings. The monoisotopic (exact) mass is 275 g/mol. The minimum absolute atomic E-state index is 0.0761. The Kier molecular flexibility index (Phi) is 3.62. The van der Waals surface area contributed by atoms with Crippen LogP contribution in [0.4, 0.5) is 5.69 Å². The van der Waals surface area contributed by atoms with E-state index in [1.54, 1.807) is 18.2 Å². The topological polar surface area (TPSA) is 85.4 Å². The molecule has 19 heavy (non-hydrogen) atoms. The smallest absolute Gasteiger partial charge is 0.177 e.